The summed E-state index contributed by atoms with van der Waals surface area (Å²) in [5.41, 5.74) is 1.42. The highest BCUT2D eigenvalue weighted by Crippen LogP contribution is 2.54. The fourth-order valence-electron chi connectivity index (χ4n) is 4.62. The summed E-state index contributed by atoms with van der Waals surface area (Å²) in [6, 6.07) is 0. The largest absolute Gasteiger partial charge is 0.397 e. The summed E-state index contributed by atoms with van der Waals surface area (Å²) in [5, 5.41) is 0. The Hall–Kier alpha value is 0.137. The zero-order valence-electron chi connectivity index (χ0n) is 13.4. The second kappa shape index (κ2) is 6.27. The van der Waals surface area contributed by atoms with Crippen LogP contribution in [0.4, 0.5) is 0 Å². The highest BCUT2D eigenvalue weighted by atomic mass is 28.4. The lowest BCUT2D eigenvalue weighted by molar-refractivity contribution is 0.188. The Labute approximate surface area is 120 Å². The third kappa shape index (κ3) is 2.79. The van der Waals surface area contributed by atoms with E-state index in [1.165, 1.54) is 38.5 Å². The van der Waals surface area contributed by atoms with Gasteiger partial charge in [0.15, 0.2) is 0 Å². The highest BCUT2D eigenvalue weighted by Gasteiger charge is 2.55. The van der Waals surface area contributed by atoms with Crippen LogP contribution >= 0.6 is 0 Å². The summed E-state index contributed by atoms with van der Waals surface area (Å²) in [4.78, 5) is 0. The van der Waals surface area contributed by atoms with Crippen LogP contribution in [0.2, 0.25) is 11.1 Å². The van der Waals surface area contributed by atoms with Crippen LogP contribution in [0.15, 0.2) is 0 Å². The van der Waals surface area contributed by atoms with E-state index >= 15 is 0 Å². The molecular formula is C16H32O2Si. The summed E-state index contributed by atoms with van der Waals surface area (Å²) in [7, 11) is 1.80. The SMILES string of the molecule is CO[Si](OC)(C1CCC(C)CC1)C1CCC(C)C1C. The molecule has 3 atom stereocenters. The maximum atomic E-state index is 6.18. The molecular weight excluding hydrogens is 252 g/mol. The molecule has 2 rings (SSSR count). The normalized spacial score (nSPS) is 40.6. The Bertz CT molecular complexity index is 282. The molecule has 0 N–H and O–H groups in total. The van der Waals surface area contributed by atoms with Crippen LogP contribution in [0.5, 0.6) is 0 Å². The molecule has 3 unspecified atom stereocenters. The molecule has 2 fully saturated rings. The first-order valence-corrected chi connectivity index (χ1v) is 10.1. The minimum Gasteiger partial charge on any atom is -0.397 e. The molecule has 0 amide bonds. The van der Waals surface area contributed by atoms with Crippen molar-refractivity contribution in [3.05, 3.63) is 0 Å². The molecule has 3 heteroatoms. The quantitative estimate of drug-likeness (QED) is 0.694. The van der Waals surface area contributed by atoms with Crippen molar-refractivity contribution in [1.29, 1.82) is 0 Å². The first-order chi connectivity index (χ1) is 9.05. The van der Waals surface area contributed by atoms with Gasteiger partial charge in [0.25, 0.3) is 0 Å². The molecule has 2 nitrogen and oxygen atoms in total. The lowest BCUT2D eigenvalue weighted by atomic mass is 9.90. The first kappa shape index (κ1) is 15.5. The predicted octanol–water partition coefficient (Wildman–Crippen LogP) is 4.74. The van der Waals surface area contributed by atoms with Gasteiger partial charge in [0.2, 0.25) is 0 Å². The van der Waals surface area contributed by atoms with Gasteiger partial charge in [0.05, 0.1) is 0 Å². The van der Waals surface area contributed by atoms with Gasteiger partial charge in [-0.3, -0.25) is 0 Å². The molecule has 0 heterocycles. The fraction of sp³-hybridized carbons (Fsp3) is 1.00. The molecule has 0 aromatic carbocycles. The Balaban J connectivity index is 2.17. The Morgan fingerprint density at radius 3 is 1.79 bits per heavy atom. The van der Waals surface area contributed by atoms with Crippen molar-refractivity contribution in [2.45, 2.75) is 70.4 Å². The summed E-state index contributed by atoms with van der Waals surface area (Å²) < 4.78 is 12.4. The second-order valence-electron chi connectivity index (χ2n) is 7.11. The molecule has 2 aliphatic carbocycles. The fourth-order valence-corrected chi connectivity index (χ4v) is 9.43. The van der Waals surface area contributed by atoms with E-state index in [0.717, 1.165) is 23.3 Å². The Morgan fingerprint density at radius 1 is 0.789 bits per heavy atom. The molecule has 0 aromatic heterocycles. The predicted molar refractivity (Wildman–Crippen MR) is 82.5 cm³/mol. The van der Waals surface area contributed by atoms with Crippen LogP contribution in [-0.4, -0.2) is 22.8 Å². The molecule has 0 radical (unpaired) electrons. The Morgan fingerprint density at radius 2 is 1.37 bits per heavy atom. The molecule has 0 bridgehead atoms. The smallest absolute Gasteiger partial charge is 0.344 e. The molecule has 19 heavy (non-hydrogen) atoms. The van der Waals surface area contributed by atoms with Gasteiger partial charge in [0.1, 0.15) is 0 Å². The van der Waals surface area contributed by atoms with E-state index < -0.39 is 8.56 Å². The van der Waals surface area contributed by atoms with Gasteiger partial charge in [-0.1, -0.05) is 40.0 Å². The number of rotatable bonds is 4. The average molecular weight is 285 g/mol. The van der Waals surface area contributed by atoms with Crippen molar-refractivity contribution in [3.63, 3.8) is 0 Å². The molecule has 0 aliphatic heterocycles. The summed E-state index contributed by atoms with van der Waals surface area (Å²) in [5.74, 6) is 2.51. The van der Waals surface area contributed by atoms with Crippen molar-refractivity contribution in [2.75, 3.05) is 14.2 Å². The third-order valence-electron chi connectivity index (χ3n) is 6.21. The zero-order chi connectivity index (χ0) is 14.0. The van der Waals surface area contributed by atoms with Crippen LogP contribution in [-0.2, 0) is 8.85 Å². The van der Waals surface area contributed by atoms with Crippen LogP contribution in [0.25, 0.3) is 0 Å². The monoisotopic (exact) mass is 284 g/mol. The van der Waals surface area contributed by atoms with Gasteiger partial charge in [-0.2, -0.15) is 0 Å². The van der Waals surface area contributed by atoms with E-state index in [1.54, 1.807) is 0 Å². The number of hydrogen-bond donors (Lipinski definition) is 0. The molecule has 0 saturated heterocycles. The van der Waals surface area contributed by atoms with Crippen molar-refractivity contribution < 1.29 is 8.85 Å². The summed E-state index contributed by atoms with van der Waals surface area (Å²) in [6.07, 6.45) is 8.06. The van der Waals surface area contributed by atoms with E-state index in [4.69, 9.17) is 8.85 Å². The molecule has 2 saturated carbocycles. The van der Waals surface area contributed by atoms with Gasteiger partial charge >= 0.3 is 8.56 Å². The summed E-state index contributed by atoms with van der Waals surface area (Å²) >= 11 is 0. The van der Waals surface area contributed by atoms with E-state index in [0.29, 0.717) is 5.54 Å². The van der Waals surface area contributed by atoms with E-state index in [9.17, 15) is 0 Å². The van der Waals surface area contributed by atoms with Crippen molar-refractivity contribution >= 4 is 8.56 Å². The highest BCUT2D eigenvalue weighted by molar-refractivity contribution is 6.70. The van der Waals surface area contributed by atoms with E-state index in [2.05, 4.69) is 20.8 Å². The van der Waals surface area contributed by atoms with Crippen LogP contribution in [0.3, 0.4) is 0 Å². The topological polar surface area (TPSA) is 18.5 Å². The third-order valence-corrected chi connectivity index (χ3v) is 11.0. The molecule has 0 spiro atoms. The van der Waals surface area contributed by atoms with E-state index in [-0.39, 0.29) is 0 Å². The zero-order valence-corrected chi connectivity index (χ0v) is 14.4. The molecule has 2 aliphatic rings. The lowest BCUT2D eigenvalue weighted by Gasteiger charge is -2.44. The standard InChI is InChI=1S/C16H32O2Si/c1-12-6-9-15(10-7-12)19(17-4,18-5)16-11-8-13(2)14(16)3/h12-16H,6-11H2,1-5H3. The van der Waals surface area contributed by atoms with Gasteiger partial charge in [-0.05, 0) is 37.0 Å². The lowest BCUT2D eigenvalue weighted by Crippen LogP contribution is -2.51. The molecule has 0 aromatic rings. The summed E-state index contributed by atoms with van der Waals surface area (Å²) in [6.45, 7) is 7.21. The van der Waals surface area contributed by atoms with Gasteiger partial charge in [0, 0.05) is 25.3 Å². The maximum Gasteiger partial charge on any atom is 0.344 e. The Kier molecular flexibility index (Phi) is 5.13. The van der Waals surface area contributed by atoms with Gasteiger partial charge in [-0.25, -0.2) is 0 Å². The molecule has 112 valence electrons. The van der Waals surface area contributed by atoms with Gasteiger partial charge in [-0.15, -0.1) is 0 Å². The first-order valence-electron chi connectivity index (χ1n) is 8.15. The van der Waals surface area contributed by atoms with E-state index in [1.807, 2.05) is 14.2 Å². The van der Waals surface area contributed by atoms with Crippen LogP contribution in [0.1, 0.15) is 59.3 Å². The average Bonchev–Trinajstić information content (AvgIpc) is 2.75. The van der Waals surface area contributed by atoms with Crippen molar-refractivity contribution in [1.82, 2.24) is 0 Å². The van der Waals surface area contributed by atoms with Gasteiger partial charge < -0.3 is 8.85 Å². The minimum absolute atomic E-state index is 0.705. The minimum atomic E-state index is -2.04. The van der Waals surface area contributed by atoms with Crippen molar-refractivity contribution in [3.8, 4) is 0 Å². The van der Waals surface area contributed by atoms with Crippen LogP contribution < -0.4 is 0 Å². The second-order valence-corrected chi connectivity index (χ2v) is 10.9. The number of hydrogen-bond acceptors (Lipinski definition) is 2. The van der Waals surface area contributed by atoms with Crippen molar-refractivity contribution in [2.24, 2.45) is 17.8 Å². The van der Waals surface area contributed by atoms with Crippen LogP contribution in [0, 0.1) is 17.8 Å². The maximum absolute atomic E-state index is 6.18.